The van der Waals surface area contributed by atoms with Crippen LogP contribution in [-0.4, -0.2) is 36.3 Å². The average Bonchev–Trinajstić information content (AvgIpc) is 2.52. The van der Waals surface area contributed by atoms with Crippen LogP contribution in [0.4, 0.5) is 0 Å². The third-order valence-corrected chi connectivity index (χ3v) is 3.27. The van der Waals surface area contributed by atoms with E-state index in [0.717, 1.165) is 5.56 Å². The number of benzene rings is 1. The fourth-order valence-corrected chi connectivity index (χ4v) is 2.00. The number of carbonyl (C=O) groups excluding carboxylic acids is 2. The summed E-state index contributed by atoms with van der Waals surface area (Å²) in [6, 6.07) is 9.48. The standard InChI is InChI=1S/C11H11NO2.C6H9NO2/c1-8-7-10(13)14-11(12-8)9-5-3-2-4-6-9;1-4-3-7-5(2)9-6(4)8/h2-6,8H,7H2,1H3;4H,3H2,1-2H3. The molecule has 0 N–H and O–H groups in total. The zero-order chi connectivity index (χ0) is 16.8. The van der Waals surface area contributed by atoms with Crippen LogP contribution in [0.15, 0.2) is 40.3 Å². The molecule has 2 unspecified atom stereocenters. The van der Waals surface area contributed by atoms with Crippen molar-refractivity contribution in [2.75, 3.05) is 6.54 Å². The molecule has 0 amide bonds. The average molecular weight is 316 g/mol. The molecule has 2 aliphatic heterocycles. The largest absolute Gasteiger partial charge is 0.412 e. The van der Waals surface area contributed by atoms with Crippen molar-refractivity contribution in [3.05, 3.63) is 35.9 Å². The van der Waals surface area contributed by atoms with Crippen molar-refractivity contribution < 1.29 is 19.1 Å². The summed E-state index contributed by atoms with van der Waals surface area (Å²) in [6.45, 7) is 5.97. The summed E-state index contributed by atoms with van der Waals surface area (Å²) < 4.78 is 9.76. The van der Waals surface area contributed by atoms with Gasteiger partial charge in [0.2, 0.25) is 5.90 Å². The van der Waals surface area contributed by atoms with Gasteiger partial charge < -0.3 is 9.47 Å². The number of ether oxygens (including phenoxy) is 2. The molecule has 6 nitrogen and oxygen atoms in total. The topological polar surface area (TPSA) is 77.3 Å². The normalized spacial score (nSPS) is 23.6. The third kappa shape index (κ3) is 5.02. The van der Waals surface area contributed by atoms with Gasteiger partial charge in [0.05, 0.1) is 24.9 Å². The number of cyclic esters (lactones) is 2. The highest BCUT2D eigenvalue weighted by atomic mass is 16.5. The molecule has 0 fully saturated rings. The molecule has 0 saturated heterocycles. The highest BCUT2D eigenvalue weighted by Crippen LogP contribution is 2.12. The van der Waals surface area contributed by atoms with Gasteiger partial charge in [0.15, 0.2) is 5.90 Å². The van der Waals surface area contributed by atoms with Crippen molar-refractivity contribution in [3.8, 4) is 0 Å². The van der Waals surface area contributed by atoms with Gasteiger partial charge in [-0.2, -0.15) is 0 Å². The first-order chi connectivity index (χ1) is 11.0. The Hall–Kier alpha value is -2.50. The number of nitrogens with zero attached hydrogens (tertiary/aromatic N) is 2. The molecule has 2 atom stereocenters. The van der Waals surface area contributed by atoms with Crippen LogP contribution in [0.5, 0.6) is 0 Å². The number of rotatable bonds is 1. The van der Waals surface area contributed by atoms with Gasteiger partial charge in [0, 0.05) is 12.5 Å². The molecule has 2 heterocycles. The Labute approximate surface area is 135 Å². The minimum Gasteiger partial charge on any atom is -0.412 e. The maximum Gasteiger partial charge on any atom is 0.316 e. The molecule has 6 heteroatoms. The van der Waals surface area contributed by atoms with Crippen LogP contribution in [0.25, 0.3) is 0 Å². The van der Waals surface area contributed by atoms with Gasteiger partial charge in [-0.05, 0) is 19.1 Å². The lowest BCUT2D eigenvalue weighted by molar-refractivity contribution is -0.140. The van der Waals surface area contributed by atoms with E-state index in [9.17, 15) is 9.59 Å². The van der Waals surface area contributed by atoms with Crippen LogP contribution in [0.1, 0.15) is 32.8 Å². The Morgan fingerprint density at radius 3 is 2.35 bits per heavy atom. The quantitative estimate of drug-likeness (QED) is 0.745. The monoisotopic (exact) mass is 316 g/mol. The molecular formula is C17H20N2O4. The van der Waals surface area contributed by atoms with Crippen LogP contribution in [0, 0.1) is 5.92 Å². The van der Waals surface area contributed by atoms with Crippen molar-refractivity contribution in [2.24, 2.45) is 15.9 Å². The van der Waals surface area contributed by atoms with Crippen LogP contribution in [-0.2, 0) is 19.1 Å². The Morgan fingerprint density at radius 2 is 1.78 bits per heavy atom. The maximum absolute atomic E-state index is 11.2. The fraction of sp³-hybridized carbons (Fsp3) is 0.412. The molecule has 0 aromatic heterocycles. The summed E-state index contributed by atoms with van der Waals surface area (Å²) in [5.74, 6) is 0.495. The second kappa shape index (κ2) is 7.67. The molecule has 0 bridgehead atoms. The predicted octanol–water partition coefficient (Wildman–Crippen LogP) is 2.37. The van der Waals surface area contributed by atoms with Gasteiger partial charge in [-0.15, -0.1) is 0 Å². The summed E-state index contributed by atoms with van der Waals surface area (Å²) in [5, 5.41) is 0. The number of hydrogen-bond donors (Lipinski definition) is 0. The summed E-state index contributed by atoms with van der Waals surface area (Å²) >= 11 is 0. The number of hydrogen-bond acceptors (Lipinski definition) is 6. The highest BCUT2D eigenvalue weighted by Gasteiger charge is 2.20. The molecule has 2 aliphatic rings. The van der Waals surface area contributed by atoms with Crippen molar-refractivity contribution in [1.29, 1.82) is 0 Å². The first kappa shape index (κ1) is 16.9. The van der Waals surface area contributed by atoms with Crippen LogP contribution in [0.2, 0.25) is 0 Å². The first-order valence-electron chi connectivity index (χ1n) is 7.52. The zero-order valence-corrected chi connectivity index (χ0v) is 13.5. The van der Waals surface area contributed by atoms with Gasteiger partial charge in [0.1, 0.15) is 0 Å². The lowest BCUT2D eigenvalue weighted by atomic mass is 10.2. The number of esters is 2. The SMILES string of the molecule is CC1=NCC(C)C(=O)O1.CC1CC(=O)OC(c2ccccc2)=N1. The zero-order valence-electron chi connectivity index (χ0n) is 13.5. The lowest BCUT2D eigenvalue weighted by Crippen LogP contribution is -2.25. The van der Waals surface area contributed by atoms with E-state index in [2.05, 4.69) is 9.98 Å². The third-order valence-electron chi connectivity index (χ3n) is 3.27. The van der Waals surface area contributed by atoms with Gasteiger partial charge >= 0.3 is 11.9 Å². The van der Waals surface area contributed by atoms with Crippen LogP contribution >= 0.6 is 0 Å². The molecule has 0 aliphatic carbocycles. The minimum absolute atomic E-state index is 0.0199. The maximum atomic E-state index is 11.2. The van der Waals surface area contributed by atoms with Crippen molar-refractivity contribution in [2.45, 2.75) is 33.2 Å². The van der Waals surface area contributed by atoms with Gasteiger partial charge in [-0.25, -0.2) is 4.99 Å². The molecule has 122 valence electrons. The van der Waals surface area contributed by atoms with E-state index in [4.69, 9.17) is 9.47 Å². The van der Waals surface area contributed by atoms with Crippen LogP contribution < -0.4 is 0 Å². The second-order valence-electron chi connectivity index (χ2n) is 5.51. The number of carbonyl (C=O) groups is 2. The summed E-state index contributed by atoms with van der Waals surface area (Å²) in [6.07, 6.45) is 0.371. The van der Waals surface area contributed by atoms with E-state index in [-0.39, 0.29) is 23.9 Å². The van der Waals surface area contributed by atoms with E-state index in [0.29, 0.717) is 24.8 Å². The molecule has 1 aromatic carbocycles. The lowest BCUT2D eigenvalue weighted by Gasteiger charge is -2.16. The van der Waals surface area contributed by atoms with Crippen molar-refractivity contribution in [1.82, 2.24) is 0 Å². The van der Waals surface area contributed by atoms with E-state index < -0.39 is 0 Å². The molecule has 3 rings (SSSR count). The van der Waals surface area contributed by atoms with Gasteiger partial charge in [-0.3, -0.25) is 14.6 Å². The molecule has 0 radical (unpaired) electrons. The van der Waals surface area contributed by atoms with E-state index >= 15 is 0 Å². The number of aliphatic imine (C=N–C) groups is 2. The first-order valence-corrected chi connectivity index (χ1v) is 7.52. The molecule has 0 spiro atoms. The van der Waals surface area contributed by atoms with Gasteiger partial charge in [0.25, 0.3) is 0 Å². The van der Waals surface area contributed by atoms with E-state index in [1.165, 1.54) is 0 Å². The van der Waals surface area contributed by atoms with Crippen LogP contribution in [0.3, 0.4) is 0 Å². The molecule has 23 heavy (non-hydrogen) atoms. The second-order valence-corrected chi connectivity index (χ2v) is 5.51. The minimum atomic E-state index is -0.202. The van der Waals surface area contributed by atoms with E-state index in [1.54, 1.807) is 13.8 Å². The predicted molar refractivity (Wildman–Crippen MR) is 86.4 cm³/mol. The van der Waals surface area contributed by atoms with Crippen molar-refractivity contribution >= 4 is 23.7 Å². The smallest absolute Gasteiger partial charge is 0.316 e. The fourth-order valence-electron chi connectivity index (χ4n) is 2.00. The Morgan fingerprint density at radius 1 is 1.09 bits per heavy atom. The van der Waals surface area contributed by atoms with Crippen molar-refractivity contribution in [3.63, 3.8) is 0 Å². The summed E-state index contributed by atoms with van der Waals surface area (Å²) in [7, 11) is 0. The van der Waals surface area contributed by atoms with E-state index in [1.807, 2.05) is 37.3 Å². The Bertz CT molecular complexity index is 637. The molecular weight excluding hydrogens is 296 g/mol. The summed E-state index contributed by atoms with van der Waals surface area (Å²) in [5.41, 5.74) is 0.854. The highest BCUT2D eigenvalue weighted by molar-refractivity contribution is 6.02. The Kier molecular flexibility index (Phi) is 5.62. The molecule has 1 aromatic rings. The summed E-state index contributed by atoms with van der Waals surface area (Å²) in [4.78, 5) is 30.1. The Balaban J connectivity index is 0.000000185. The van der Waals surface area contributed by atoms with Gasteiger partial charge in [-0.1, -0.05) is 25.1 Å². The molecule has 0 saturated carbocycles.